The van der Waals surface area contributed by atoms with E-state index in [1.807, 2.05) is 64.1 Å². The summed E-state index contributed by atoms with van der Waals surface area (Å²) in [7, 11) is 0. The van der Waals surface area contributed by atoms with Gasteiger partial charge in [0.05, 0.1) is 0 Å². The quantitative estimate of drug-likeness (QED) is 0.543. The summed E-state index contributed by atoms with van der Waals surface area (Å²) in [6.07, 6.45) is 1.65. The molecule has 0 heterocycles. The number of phenols is 3. The molecule has 3 nitrogen and oxygen atoms in total. The van der Waals surface area contributed by atoms with Gasteiger partial charge in [0.2, 0.25) is 0 Å². The molecule has 0 unspecified atom stereocenters. The molecule has 0 aliphatic rings. The lowest BCUT2D eigenvalue weighted by Crippen LogP contribution is -2.08. The van der Waals surface area contributed by atoms with Gasteiger partial charge in [0, 0.05) is 0 Å². The molecule has 3 heteroatoms. The van der Waals surface area contributed by atoms with Gasteiger partial charge in [-0.2, -0.15) is 0 Å². The van der Waals surface area contributed by atoms with Gasteiger partial charge in [0.25, 0.3) is 0 Å². The Morgan fingerprint density at radius 1 is 0.607 bits per heavy atom. The van der Waals surface area contributed by atoms with Gasteiger partial charge < -0.3 is 15.3 Å². The minimum atomic E-state index is 0.215. The van der Waals surface area contributed by atoms with Gasteiger partial charge in [-0.25, -0.2) is 0 Å². The SMILES string of the molecule is Cc1cc(CC(Cc2cc(C)c(O)c(C)c2)c2ccc(O)cc2)cc(C)c1O. The van der Waals surface area contributed by atoms with Crippen molar-refractivity contribution in [3.8, 4) is 17.2 Å². The molecule has 0 aromatic heterocycles. The predicted molar refractivity (Wildman–Crippen MR) is 113 cm³/mol. The van der Waals surface area contributed by atoms with Crippen molar-refractivity contribution < 1.29 is 15.3 Å². The molecule has 3 rings (SSSR count). The number of rotatable bonds is 5. The first-order valence-corrected chi connectivity index (χ1v) is 9.61. The Hall–Kier alpha value is -2.94. The van der Waals surface area contributed by atoms with Gasteiger partial charge in [-0.05, 0) is 97.5 Å². The Bertz CT molecular complexity index is 882. The van der Waals surface area contributed by atoms with Crippen LogP contribution in [0.25, 0.3) is 0 Å². The monoisotopic (exact) mass is 376 g/mol. The van der Waals surface area contributed by atoms with Gasteiger partial charge in [0.15, 0.2) is 0 Å². The topological polar surface area (TPSA) is 60.7 Å². The van der Waals surface area contributed by atoms with E-state index in [1.165, 1.54) is 11.1 Å². The van der Waals surface area contributed by atoms with Crippen molar-refractivity contribution in [2.24, 2.45) is 0 Å². The van der Waals surface area contributed by atoms with E-state index >= 15 is 0 Å². The van der Waals surface area contributed by atoms with Gasteiger partial charge >= 0.3 is 0 Å². The third-order valence-electron chi connectivity index (χ3n) is 5.43. The molecule has 0 radical (unpaired) electrons. The minimum absolute atomic E-state index is 0.215. The Balaban J connectivity index is 1.97. The highest BCUT2D eigenvalue weighted by molar-refractivity contribution is 5.45. The summed E-state index contributed by atoms with van der Waals surface area (Å²) < 4.78 is 0. The van der Waals surface area contributed by atoms with Crippen molar-refractivity contribution in [3.05, 3.63) is 87.5 Å². The summed E-state index contributed by atoms with van der Waals surface area (Å²) in [6.45, 7) is 7.70. The van der Waals surface area contributed by atoms with Crippen LogP contribution in [0.5, 0.6) is 17.2 Å². The maximum Gasteiger partial charge on any atom is 0.121 e. The first kappa shape index (κ1) is 19.8. The lowest BCUT2D eigenvalue weighted by atomic mass is 9.85. The van der Waals surface area contributed by atoms with Crippen LogP contribution in [0, 0.1) is 27.7 Å². The van der Waals surface area contributed by atoms with Gasteiger partial charge in [-0.15, -0.1) is 0 Å². The fourth-order valence-electron chi connectivity index (χ4n) is 3.95. The zero-order valence-corrected chi connectivity index (χ0v) is 17.0. The molecule has 0 aliphatic heterocycles. The third kappa shape index (κ3) is 4.30. The van der Waals surface area contributed by atoms with E-state index < -0.39 is 0 Å². The summed E-state index contributed by atoms with van der Waals surface area (Å²) in [5.41, 5.74) is 7.05. The van der Waals surface area contributed by atoms with Crippen molar-refractivity contribution in [2.45, 2.75) is 46.5 Å². The first-order valence-electron chi connectivity index (χ1n) is 9.61. The van der Waals surface area contributed by atoms with Crippen LogP contribution in [-0.2, 0) is 12.8 Å². The predicted octanol–water partition coefficient (Wildman–Crippen LogP) is 5.61. The Morgan fingerprint density at radius 2 is 0.964 bits per heavy atom. The molecule has 0 atom stereocenters. The average Bonchev–Trinajstić information content (AvgIpc) is 2.64. The van der Waals surface area contributed by atoms with Crippen molar-refractivity contribution in [3.63, 3.8) is 0 Å². The lowest BCUT2D eigenvalue weighted by molar-refractivity contribution is 0.466. The summed E-state index contributed by atoms with van der Waals surface area (Å²) >= 11 is 0. The summed E-state index contributed by atoms with van der Waals surface area (Å²) in [4.78, 5) is 0. The average molecular weight is 376 g/mol. The Labute approximate surface area is 166 Å². The van der Waals surface area contributed by atoms with Crippen LogP contribution in [-0.4, -0.2) is 15.3 Å². The standard InChI is InChI=1S/C25H28O3/c1-15-9-19(10-16(2)24(15)27)13-22(21-5-7-23(26)8-6-21)14-20-11-17(3)25(28)18(4)12-20/h5-12,22,26-28H,13-14H2,1-4H3. The van der Waals surface area contributed by atoms with Gasteiger partial charge in [-0.1, -0.05) is 36.4 Å². The Morgan fingerprint density at radius 3 is 1.32 bits per heavy atom. The first-order chi connectivity index (χ1) is 13.2. The van der Waals surface area contributed by atoms with E-state index in [-0.39, 0.29) is 11.7 Å². The molecule has 0 bridgehead atoms. The van der Waals surface area contributed by atoms with Crippen molar-refractivity contribution in [2.75, 3.05) is 0 Å². The molecule has 3 N–H and O–H groups in total. The highest BCUT2D eigenvalue weighted by Crippen LogP contribution is 2.32. The van der Waals surface area contributed by atoms with Crippen LogP contribution >= 0.6 is 0 Å². The molecule has 3 aromatic rings. The molecule has 0 spiro atoms. The maximum absolute atomic E-state index is 10.1. The van der Waals surface area contributed by atoms with Crippen molar-refractivity contribution in [1.82, 2.24) is 0 Å². The second kappa shape index (κ2) is 7.97. The largest absolute Gasteiger partial charge is 0.508 e. The zero-order valence-electron chi connectivity index (χ0n) is 17.0. The molecular weight excluding hydrogens is 348 g/mol. The summed E-state index contributed by atoms with van der Waals surface area (Å²) in [6, 6.07) is 15.6. The molecule has 0 aliphatic carbocycles. The molecule has 0 fully saturated rings. The van der Waals surface area contributed by atoms with Gasteiger partial charge in [-0.3, -0.25) is 0 Å². The van der Waals surface area contributed by atoms with Crippen LogP contribution in [0.2, 0.25) is 0 Å². The number of benzene rings is 3. The fourth-order valence-corrected chi connectivity index (χ4v) is 3.95. The summed E-state index contributed by atoms with van der Waals surface area (Å²) in [5.74, 6) is 1.19. The molecule has 0 saturated carbocycles. The maximum atomic E-state index is 10.1. The van der Waals surface area contributed by atoms with Crippen LogP contribution in [0.3, 0.4) is 0 Å². The van der Waals surface area contributed by atoms with E-state index in [1.54, 1.807) is 12.1 Å². The zero-order chi connectivity index (χ0) is 20.4. The van der Waals surface area contributed by atoms with Crippen LogP contribution in [0.15, 0.2) is 48.5 Å². The highest BCUT2D eigenvalue weighted by atomic mass is 16.3. The molecule has 0 amide bonds. The van der Waals surface area contributed by atoms with E-state index in [4.69, 9.17) is 0 Å². The Kier molecular flexibility index (Phi) is 5.64. The molecule has 0 saturated heterocycles. The number of hydrogen-bond acceptors (Lipinski definition) is 3. The molecule has 146 valence electrons. The van der Waals surface area contributed by atoms with Crippen molar-refractivity contribution in [1.29, 1.82) is 0 Å². The van der Waals surface area contributed by atoms with E-state index in [0.29, 0.717) is 11.5 Å². The minimum Gasteiger partial charge on any atom is -0.508 e. The van der Waals surface area contributed by atoms with Gasteiger partial charge in [0.1, 0.15) is 17.2 Å². The number of aryl methyl sites for hydroxylation is 4. The summed E-state index contributed by atoms with van der Waals surface area (Å²) in [5, 5.41) is 29.8. The fraction of sp³-hybridized carbons (Fsp3) is 0.280. The highest BCUT2D eigenvalue weighted by Gasteiger charge is 2.16. The molecular formula is C25H28O3. The molecule has 3 aromatic carbocycles. The van der Waals surface area contributed by atoms with Crippen LogP contribution < -0.4 is 0 Å². The second-order valence-electron chi connectivity index (χ2n) is 7.85. The van der Waals surface area contributed by atoms with Crippen LogP contribution in [0.4, 0.5) is 0 Å². The number of aromatic hydroxyl groups is 3. The van der Waals surface area contributed by atoms with E-state index in [9.17, 15) is 15.3 Å². The lowest BCUT2D eigenvalue weighted by Gasteiger charge is -2.20. The normalized spacial score (nSPS) is 11.2. The third-order valence-corrected chi connectivity index (χ3v) is 5.43. The van der Waals surface area contributed by atoms with E-state index in [0.717, 1.165) is 40.7 Å². The number of phenolic OH excluding ortho intramolecular Hbond substituents is 3. The van der Waals surface area contributed by atoms with Crippen molar-refractivity contribution >= 4 is 0 Å². The number of hydrogen-bond donors (Lipinski definition) is 3. The van der Waals surface area contributed by atoms with Crippen LogP contribution in [0.1, 0.15) is 44.9 Å². The second-order valence-corrected chi connectivity index (χ2v) is 7.85. The smallest absolute Gasteiger partial charge is 0.121 e. The molecule has 28 heavy (non-hydrogen) atoms. The van der Waals surface area contributed by atoms with E-state index in [2.05, 4.69) is 0 Å².